The number of fused-ring (bicyclic) bond motifs is 2. The number of amides is 1. The number of hydrogen-bond acceptors (Lipinski definition) is 7. The predicted molar refractivity (Wildman–Crippen MR) is 127 cm³/mol. The van der Waals surface area contributed by atoms with E-state index in [1.807, 2.05) is 0 Å². The Morgan fingerprint density at radius 2 is 1.66 bits per heavy atom. The van der Waals surface area contributed by atoms with Gasteiger partial charge in [-0.25, -0.2) is 9.97 Å². The maximum atomic E-state index is 13.1. The lowest BCUT2D eigenvalue weighted by Gasteiger charge is -2.22. The number of nitrogens with one attached hydrogen (secondary N) is 3. The highest BCUT2D eigenvalue weighted by Gasteiger charge is 2.21. The van der Waals surface area contributed by atoms with E-state index in [1.165, 1.54) is 0 Å². The highest BCUT2D eigenvalue weighted by atomic mass is 16.2. The summed E-state index contributed by atoms with van der Waals surface area (Å²) in [6.45, 7) is 3.48. The monoisotopic (exact) mass is 444 g/mol. The Bertz CT molecular complexity index is 735. The summed E-state index contributed by atoms with van der Waals surface area (Å²) in [4.78, 5) is 34.3. The van der Waals surface area contributed by atoms with Crippen LogP contribution in [0, 0.1) is 5.92 Å². The van der Waals surface area contributed by atoms with Gasteiger partial charge in [-0.2, -0.15) is 0 Å². The molecule has 178 valence electrons. The van der Waals surface area contributed by atoms with E-state index >= 15 is 0 Å². The van der Waals surface area contributed by atoms with Gasteiger partial charge in [0.1, 0.15) is 0 Å². The minimum absolute atomic E-state index is 0.0426. The smallest absolute Gasteiger partial charge is 0.236 e. The number of nitrogens with two attached hydrogens (primary N) is 1. The molecule has 0 spiro atoms. The van der Waals surface area contributed by atoms with Gasteiger partial charge in [0.15, 0.2) is 5.78 Å². The minimum atomic E-state index is -0.439. The normalized spacial score (nSPS) is 22.8. The molecule has 0 unspecified atom stereocenters. The van der Waals surface area contributed by atoms with Crippen LogP contribution in [0.1, 0.15) is 86.7 Å². The number of piperidine rings is 1. The van der Waals surface area contributed by atoms with E-state index < -0.39 is 6.04 Å². The molecule has 2 bridgehead atoms. The van der Waals surface area contributed by atoms with Crippen LogP contribution in [0.25, 0.3) is 0 Å². The van der Waals surface area contributed by atoms with Crippen LogP contribution in [0.15, 0.2) is 6.20 Å². The minimum Gasteiger partial charge on any atom is -0.355 e. The van der Waals surface area contributed by atoms with Gasteiger partial charge in [0, 0.05) is 25.7 Å². The largest absolute Gasteiger partial charge is 0.355 e. The molecule has 0 saturated carbocycles. The first-order valence-electron chi connectivity index (χ1n) is 12.5. The summed E-state index contributed by atoms with van der Waals surface area (Å²) >= 11 is 0. The zero-order valence-corrected chi connectivity index (χ0v) is 19.3. The van der Waals surface area contributed by atoms with E-state index in [4.69, 9.17) is 10.7 Å². The number of hydrogen-bond donors (Lipinski definition) is 4. The quantitative estimate of drug-likeness (QED) is 0.529. The average molecular weight is 445 g/mol. The molecule has 32 heavy (non-hydrogen) atoms. The zero-order valence-electron chi connectivity index (χ0n) is 19.3. The van der Waals surface area contributed by atoms with E-state index in [0.29, 0.717) is 36.8 Å². The molecule has 0 aliphatic carbocycles. The summed E-state index contributed by atoms with van der Waals surface area (Å²) in [5, 5.41) is 9.63. The first-order chi connectivity index (χ1) is 15.6. The van der Waals surface area contributed by atoms with Crippen molar-refractivity contribution in [3.8, 4) is 0 Å². The van der Waals surface area contributed by atoms with E-state index in [0.717, 1.165) is 89.5 Å². The number of anilines is 1. The van der Waals surface area contributed by atoms with Crippen molar-refractivity contribution in [1.82, 2.24) is 20.6 Å². The molecule has 0 radical (unpaired) electrons. The molecule has 1 amide bonds. The van der Waals surface area contributed by atoms with Crippen molar-refractivity contribution in [2.24, 2.45) is 11.7 Å². The third-order valence-corrected chi connectivity index (χ3v) is 6.55. The number of aryl methyl sites for hydroxylation is 1. The van der Waals surface area contributed by atoms with E-state index in [1.54, 1.807) is 6.20 Å². The lowest BCUT2D eigenvalue weighted by atomic mass is 9.90. The standard InChI is InChI=1S/C24H40N6O2/c25-20-8-4-3-5-9-21-19(22(31)16-18-10-14-26-15-11-18)17-29-24(30-21)28-13-7-2-1-6-12-27-23(20)32/h17-18,20,26H,1-16,25H2,(H,27,32)(H,28,29,30)/t20-/m0/s1. The lowest BCUT2D eigenvalue weighted by molar-refractivity contribution is -0.122. The molecule has 1 aromatic heterocycles. The number of Topliss-reactive ketones (excluding diaryl/α,β-unsaturated/α-hetero) is 1. The fourth-order valence-electron chi connectivity index (χ4n) is 4.49. The number of aromatic nitrogens is 2. The zero-order chi connectivity index (χ0) is 22.6. The molecule has 1 fully saturated rings. The summed E-state index contributed by atoms with van der Waals surface area (Å²) in [5.74, 6) is 1.19. The molecule has 2 aliphatic heterocycles. The molecule has 1 saturated heterocycles. The average Bonchev–Trinajstić information content (AvgIpc) is 2.80. The number of carbonyl (C=O) groups is 2. The van der Waals surface area contributed by atoms with Crippen molar-refractivity contribution in [3.05, 3.63) is 17.5 Å². The third kappa shape index (κ3) is 8.13. The van der Waals surface area contributed by atoms with Crippen LogP contribution in [0.3, 0.4) is 0 Å². The summed E-state index contributed by atoms with van der Waals surface area (Å²) in [7, 11) is 0. The van der Waals surface area contributed by atoms with Crippen LogP contribution in [-0.2, 0) is 11.2 Å². The van der Waals surface area contributed by atoms with Gasteiger partial charge in [-0.05, 0) is 64.0 Å². The number of rotatable bonds is 3. The number of ketones is 1. The molecule has 0 aromatic carbocycles. The van der Waals surface area contributed by atoms with Gasteiger partial charge in [0.25, 0.3) is 0 Å². The Labute approximate surface area is 191 Å². The molecular formula is C24H40N6O2. The first-order valence-corrected chi connectivity index (χ1v) is 12.5. The Morgan fingerprint density at radius 3 is 2.44 bits per heavy atom. The maximum absolute atomic E-state index is 13.1. The van der Waals surface area contributed by atoms with Crippen LogP contribution >= 0.6 is 0 Å². The van der Waals surface area contributed by atoms with Crippen molar-refractivity contribution in [2.45, 2.75) is 83.1 Å². The maximum Gasteiger partial charge on any atom is 0.236 e. The summed E-state index contributed by atoms with van der Waals surface area (Å²) < 4.78 is 0. The fourth-order valence-corrected chi connectivity index (χ4v) is 4.49. The molecule has 1 aromatic rings. The SMILES string of the molecule is N[C@H]1CCCCCc2nc(ncc2C(=O)CC2CCNCC2)NCCCCCCNC1=O. The molecule has 1 atom stereocenters. The van der Waals surface area contributed by atoms with Crippen molar-refractivity contribution in [2.75, 3.05) is 31.5 Å². The van der Waals surface area contributed by atoms with Gasteiger partial charge in [-0.1, -0.05) is 25.7 Å². The number of nitrogens with zero attached hydrogens (tertiary/aromatic N) is 2. The lowest BCUT2D eigenvalue weighted by Crippen LogP contribution is -2.40. The van der Waals surface area contributed by atoms with E-state index in [2.05, 4.69) is 20.9 Å². The van der Waals surface area contributed by atoms with Crippen molar-refractivity contribution in [1.29, 1.82) is 0 Å². The molecule has 3 rings (SSSR count). The Hall–Kier alpha value is -2.06. The van der Waals surface area contributed by atoms with Gasteiger partial charge < -0.3 is 21.7 Å². The molecule has 3 heterocycles. The van der Waals surface area contributed by atoms with Crippen LogP contribution in [-0.4, -0.2) is 53.9 Å². The van der Waals surface area contributed by atoms with Crippen molar-refractivity contribution in [3.63, 3.8) is 0 Å². The summed E-state index contributed by atoms with van der Waals surface area (Å²) in [5.41, 5.74) is 7.57. The van der Waals surface area contributed by atoms with Crippen LogP contribution < -0.4 is 21.7 Å². The summed E-state index contributed by atoms with van der Waals surface area (Å²) in [6.07, 6.45) is 12.7. The van der Waals surface area contributed by atoms with Gasteiger partial charge in [0.2, 0.25) is 11.9 Å². The second-order valence-corrected chi connectivity index (χ2v) is 9.21. The highest BCUT2D eigenvalue weighted by molar-refractivity contribution is 5.97. The fraction of sp³-hybridized carbons (Fsp3) is 0.750. The van der Waals surface area contributed by atoms with Crippen LogP contribution in [0.2, 0.25) is 0 Å². The first kappa shape index (κ1) is 24.6. The van der Waals surface area contributed by atoms with Gasteiger partial charge in [-0.15, -0.1) is 0 Å². The number of carbonyl (C=O) groups excluding carboxylic acids is 2. The second kappa shape index (κ2) is 13.5. The third-order valence-electron chi connectivity index (χ3n) is 6.55. The summed E-state index contributed by atoms with van der Waals surface area (Å²) in [6, 6.07) is -0.439. The Balaban J connectivity index is 1.64. The highest BCUT2D eigenvalue weighted by Crippen LogP contribution is 2.21. The molecule has 8 nitrogen and oxygen atoms in total. The van der Waals surface area contributed by atoms with Gasteiger partial charge in [0.05, 0.1) is 17.3 Å². The molecule has 5 N–H and O–H groups in total. The topological polar surface area (TPSA) is 122 Å². The molecule has 8 heteroatoms. The van der Waals surface area contributed by atoms with E-state index in [9.17, 15) is 9.59 Å². The Morgan fingerprint density at radius 1 is 0.938 bits per heavy atom. The van der Waals surface area contributed by atoms with Crippen LogP contribution in [0.5, 0.6) is 0 Å². The second-order valence-electron chi connectivity index (χ2n) is 9.21. The van der Waals surface area contributed by atoms with Crippen molar-refractivity contribution >= 4 is 17.6 Å². The van der Waals surface area contributed by atoms with E-state index in [-0.39, 0.29) is 11.7 Å². The molecule has 2 aliphatic rings. The molecular weight excluding hydrogens is 404 g/mol. The van der Waals surface area contributed by atoms with Gasteiger partial charge in [-0.3, -0.25) is 9.59 Å². The van der Waals surface area contributed by atoms with Crippen molar-refractivity contribution < 1.29 is 9.59 Å². The van der Waals surface area contributed by atoms with Gasteiger partial charge >= 0.3 is 0 Å². The predicted octanol–water partition coefficient (Wildman–Crippen LogP) is 2.58. The Kier molecular flexibility index (Phi) is 10.4. The van der Waals surface area contributed by atoms with Crippen LogP contribution in [0.4, 0.5) is 5.95 Å².